The number of rotatable bonds is 2. The summed E-state index contributed by atoms with van der Waals surface area (Å²) < 4.78 is 0. The van der Waals surface area contributed by atoms with Crippen molar-refractivity contribution in [2.24, 2.45) is 0 Å². The number of hydrogen-bond donors (Lipinski definition) is 1. The molecule has 0 radical (unpaired) electrons. The summed E-state index contributed by atoms with van der Waals surface area (Å²) >= 11 is 1.69. The van der Waals surface area contributed by atoms with Gasteiger partial charge in [0.15, 0.2) is 0 Å². The van der Waals surface area contributed by atoms with Gasteiger partial charge in [0.05, 0.1) is 6.10 Å². The maximum atomic E-state index is 9.14. The average molecular weight is 156 g/mol. The van der Waals surface area contributed by atoms with Crippen LogP contribution in [0.4, 0.5) is 0 Å². The second kappa shape index (κ2) is 3.17. The number of aryl methyl sites for hydroxylation is 1. The van der Waals surface area contributed by atoms with Crippen LogP contribution in [0.2, 0.25) is 0 Å². The van der Waals surface area contributed by atoms with Crippen molar-refractivity contribution in [2.45, 2.75) is 26.4 Å². The van der Waals surface area contributed by atoms with E-state index in [1.54, 1.807) is 18.3 Å². The van der Waals surface area contributed by atoms with Crippen LogP contribution in [0.15, 0.2) is 12.1 Å². The van der Waals surface area contributed by atoms with Gasteiger partial charge in [-0.15, -0.1) is 11.3 Å². The number of aliphatic hydroxyl groups is 1. The van der Waals surface area contributed by atoms with Crippen LogP contribution in [0, 0.1) is 0 Å². The largest absolute Gasteiger partial charge is 0.388 e. The minimum atomic E-state index is -0.301. The highest BCUT2D eigenvalue weighted by atomic mass is 32.1. The van der Waals surface area contributed by atoms with Gasteiger partial charge in [0.25, 0.3) is 0 Å². The van der Waals surface area contributed by atoms with E-state index in [0.717, 1.165) is 11.3 Å². The lowest BCUT2D eigenvalue weighted by atomic mass is 10.3. The zero-order chi connectivity index (χ0) is 7.56. The first kappa shape index (κ1) is 7.76. The Bertz CT molecular complexity index is 203. The van der Waals surface area contributed by atoms with Crippen LogP contribution in [-0.2, 0) is 6.42 Å². The van der Waals surface area contributed by atoms with Gasteiger partial charge in [0.2, 0.25) is 0 Å². The molecule has 56 valence electrons. The van der Waals surface area contributed by atoms with E-state index in [0.29, 0.717) is 0 Å². The zero-order valence-corrected chi connectivity index (χ0v) is 7.11. The highest BCUT2D eigenvalue weighted by Crippen LogP contribution is 2.22. The third kappa shape index (κ3) is 1.58. The highest BCUT2D eigenvalue weighted by molar-refractivity contribution is 7.12. The molecule has 0 fully saturated rings. The SMILES string of the molecule is CCc1ccc(C(C)O)s1. The van der Waals surface area contributed by atoms with E-state index in [9.17, 15) is 0 Å². The van der Waals surface area contributed by atoms with E-state index in [4.69, 9.17) is 5.11 Å². The fourth-order valence-electron chi connectivity index (χ4n) is 0.809. The van der Waals surface area contributed by atoms with Crippen LogP contribution in [0.25, 0.3) is 0 Å². The van der Waals surface area contributed by atoms with E-state index >= 15 is 0 Å². The molecule has 0 saturated heterocycles. The molecule has 0 saturated carbocycles. The summed E-state index contributed by atoms with van der Waals surface area (Å²) in [6, 6.07) is 4.07. The standard InChI is InChI=1S/C8H12OS/c1-3-7-4-5-8(10-7)6(2)9/h4-6,9H,3H2,1-2H3. The molecular weight excluding hydrogens is 144 g/mol. The van der Waals surface area contributed by atoms with Crippen molar-refractivity contribution in [1.29, 1.82) is 0 Å². The van der Waals surface area contributed by atoms with Crippen LogP contribution in [0.1, 0.15) is 29.7 Å². The summed E-state index contributed by atoms with van der Waals surface area (Å²) in [5, 5.41) is 9.14. The van der Waals surface area contributed by atoms with E-state index in [1.807, 2.05) is 6.07 Å². The second-order valence-electron chi connectivity index (χ2n) is 2.33. The number of hydrogen-bond acceptors (Lipinski definition) is 2. The molecular formula is C8H12OS. The van der Waals surface area contributed by atoms with Crippen LogP contribution in [0.3, 0.4) is 0 Å². The molecule has 10 heavy (non-hydrogen) atoms. The Morgan fingerprint density at radius 1 is 1.60 bits per heavy atom. The zero-order valence-electron chi connectivity index (χ0n) is 6.29. The van der Waals surface area contributed by atoms with Gasteiger partial charge in [0.1, 0.15) is 0 Å². The molecule has 1 heterocycles. The van der Waals surface area contributed by atoms with Gasteiger partial charge in [0, 0.05) is 9.75 Å². The summed E-state index contributed by atoms with van der Waals surface area (Å²) in [5.74, 6) is 0. The van der Waals surface area contributed by atoms with Gasteiger partial charge in [-0.05, 0) is 25.5 Å². The van der Waals surface area contributed by atoms with Crippen LogP contribution < -0.4 is 0 Å². The van der Waals surface area contributed by atoms with Crippen LogP contribution >= 0.6 is 11.3 Å². The maximum absolute atomic E-state index is 9.14. The quantitative estimate of drug-likeness (QED) is 0.697. The molecule has 1 atom stereocenters. The summed E-state index contributed by atoms with van der Waals surface area (Å²) in [6.07, 6.45) is 0.766. The van der Waals surface area contributed by atoms with Crippen molar-refractivity contribution in [2.75, 3.05) is 0 Å². The van der Waals surface area contributed by atoms with Crippen molar-refractivity contribution in [3.8, 4) is 0 Å². The van der Waals surface area contributed by atoms with E-state index < -0.39 is 0 Å². The predicted molar refractivity (Wildman–Crippen MR) is 44.3 cm³/mol. The lowest BCUT2D eigenvalue weighted by molar-refractivity contribution is 0.203. The first-order valence-corrected chi connectivity index (χ1v) is 4.32. The molecule has 1 rings (SSSR count). The Morgan fingerprint density at radius 2 is 2.30 bits per heavy atom. The van der Waals surface area contributed by atoms with Crippen LogP contribution in [0.5, 0.6) is 0 Å². The smallest absolute Gasteiger partial charge is 0.0854 e. The molecule has 2 heteroatoms. The van der Waals surface area contributed by atoms with E-state index in [2.05, 4.69) is 13.0 Å². The molecule has 1 nitrogen and oxygen atoms in total. The molecule has 0 aliphatic carbocycles. The molecule has 1 aromatic heterocycles. The summed E-state index contributed by atoms with van der Waals surface area (Å²) in [6.45, 7) is 3.92. The molecule has 0 bridgehead atoms. The van der Waals surface area contributed by atoms with Crippen molar-refractivity contribution < 1.29 is 5.11 Å². The normalized spacial score (nSPS) is 13.5. The van der Waals surface area contributed by atoms with Gasteiger partial charge in [-0.25, -0.2) is 0 Å². The minimum Gasteiger partial charge on any atom is -0.388 e. The monoisotopic (exact) mass is 156 g/mol. The van der Waals surface area contributed by atoms with Gasteiger partial charge >= 0.3 is 0 Å². The third-order valence-corrected chi connectivity index (χ3v) is 2.84. The molecule has 1 N–H and O–H groups in total. The fraction of sp³-hybridized carbons (Fsp3) is 0.500. The van der Waals surface area contributed by atoms with Crippen LogP contribution in [-0.4, -0.2) is 5.11 Å². The van der Waals surface area contributed by atoms with Gasteiger partial charge in [-0.3, -0.25) is 0 Å². The van der Waals surface area contributed by atoms with Crippen molar-refractivity contribution >= 4 is 11.3 Å². The van der Waals surface area contributed by atoms with Crippen molar-refractivity contribution in [3.05, 3.63) is 21.9 Å². The number of thiophene rings is 1. The lowest BCUT2D eigenvalue weighted by Crippen LogP contribution is -1.83. The van der Waals surface area contributed by atoms with Gasteiger partial charge < -0.3 is 5.11 Å². The number of aliphatic hydroxyl groups excluding tert-OH is 1. The molecule has 0 aliphatic rings. The first-order chi connectivity index (χ1) is 4.74. The first-order valence-electron chi connectivity index (χ1n) is 3.50. The second-order valence-corrected chi connectivity index (χ2v) is 3.53. The Hall–Kier alpha value is -0.340. The Labute approximate surface area is 65.3 Å². The molecule has 0 aliphatic heterocycles. The van der Waals surface area contributed by atoms with Gasteiger partial charge in [-0.1, -0.05) is 6.92 Å². The predicted octanol–water partition coefficient (Wildman–Crippen LogP) is 2.36. The van der Waals surface area contributed by atoms with E-state index in [1.165, 1.54) is 4.88 Å². The Balaban J connectivity index is 2.78. The summed E-state index contributed by atoms with van der Waals surface area (Å²) in [5.41, 5.74) is 0. The molecule has 0 aromatic carbocycles. The fourth-order valence-corrected chi connectivity index (χ4v) is 1.70. The van der Waals surface area contributed by atoms with Crippen molar-refractivity contribution in [3.63, 3.8) is 0 Å². The Morgan fingerprint density at radius 3 is 2.60 bits per heavy atom. The maximum Gasteiger partial charge on any atom is 0.0854 e. The van der Waals surface area contributed by atoms with Gasteiger partial charge in [-0.2, -0.15) is 0 Å². The minimum absolute atomic E-state index is 0.301. The average Bonchev–Trinajstić information content (AvgIpc) is 2.34. The molecule has 1 aromatic rings. The Kier molecular flexibility index (Phi) is 2.46. The highest BCUT2D eigenvalue weighted by Gasteiger charge is 2.02. The lowest BCUT2D eigenvalue weighted by Gasteiger charge is -1.96. The summed E-state index contributed by atoms with van der Waals surface area (Å²) in [7, 11) is 0. The third-order valence-electron chi connectivity index (χ3n) is 1.44. The molecule has 0 amide bonds. The van der Waals surface area contributed by atoms with E-state index in [-0.39, 0.29) is 6.10 Å². The molecule has 1 unspecified atom stereocenters. The van der Waals surface area contributed by atoms with Crippen molar-refractivity contribution in [1.82, 2.24) is 0 Å². The molecule has 0 spiro atoms. The summed E-state index contributed by atoms with van der Waals surface area (Å²) in [4.78, 5) is 2.41. The topological polar surface area (TPSA) is 20.2 Å².